The van der Waals surface area contributed by atoms with Gasteiger partial charge in [0.05, 0.1) is 12.3 Å². The largest absolute Gasteiger partial charge is 0.489 e. The molecule has 1 aromatic rings. The highest BCUT2D eigenvalue weighted by atomic mass is 16.5. The Bertz CT molecular complexity index is 395. The second-order valence-corrected chi connectivity index (χ2v) is 5.10. The first-order valence-electron chi connectivity index (χ1n) is 6.03. The number of β-amino-alcohol motifs (C(OH)–C–C–N with tert-alkyl or cyclic N) is 1. The number of likely N-dealkylation sites (N-methyl/N-ethyl adjacent to an activating group) is 1. The number of aliphatic hydroxyl groups is 1. The van der Waals surface area contributed by atoms with Gasteiger partial charge in [0.15, 0.2) is 0 Å². The molecule has 0 spiro atoms. The average molecular weight is 236 g/mol. The Kier molecular flexibility index (Phi) is 3.35. The van der Waals surface area contributed by atoms with Crippen molar-refractivity contribution >= 4 is 0 Å². The van der Waals surface area contributed by atoms with Crippen LogP contribution in [0.2, 0.25) is 0 Å². The molecular weight excluding hydrogens is 216 g/mol. The molecule has 0 amide bonds. The summed E-state index contributed by atoms with van der Waals surface area (Å²) in [6.45, 7) is 5.51. The van der Waals surface area contributed by atoms with Gasteiger partial charge in [-0.15, -0.1) is 0 Å². The maximum atomic E-state index is 10.6. The fourth-order valence-corrected chi connectivity index (χ4v) is 2.23. The van der Waals surface area contributed by atoms with E-state index in [1.165, 1.54) is 0 Å². The molecule has 0 saturated carbocycles. The van der Waals surface area contributed by atoms with E-state index in [0.717, 1.165) is 24.3 Å². The van der Waals surface area contributed by atoms with E-state index < -0.39 is 5.60 Å². The summed E-state index contributed by atoms with van der Waals surface area (Å²) in [6, 6.07) is 1.90. The van der Waals surface area contributed by atoms with Crippen LogP contribution in [0.4, 0.5) is 0 Å². The van der Waals surface area contributed by atoms with Gasteiger partial charge >= 0.3 is 0 Å². The van der Waals surface area contributed by atoms with Crippen LogP contribution < -0.4 is 4.74 Å². The van der Waals surface area contributed by atoms with Crippen LogP contribution in [-0.4, -0.2) is 41.2 Å². The van der Waals surface area contributed by atoms with Gasteiger partial charge in [0, 0.05) is 24.8 Å². The maximum Gasteiger partial charge on any atom is 0.138 e. The van der Waals surface area contributed by atoms with E-state index in [4.69, 9.17) is 4.74 Å². The molecule has 1 atom stereocenters. The van der Waals surface area contributed by atoms with E-state index in [1.54, 1.807) is 12.4 Å². The van der Waals surface area contributed by atoms with Gasteiger partial charge in [-0.25, -0.2) is 0 Å². The van der Waals surface area contributed by atoms with Gasteiger partial charge in [-0.2, -0.15) is 0 Å². The lowest BCUT2D eigenvalue weighted by molar-refractivity contribution is 0.0481. The molecule has 1 unspecified atom stereocenters. The molecule has 0 bridgehead atoms. The van der Waals surface area contributed by atoms with E-state index in [-0.39, 0.29) is 6.10 Å². The maximum absolute atomic E-state index is 10.6. The fourth-order valence-electron chi connectivity index (χ4n) is 2.23. The van der Waals surface area contributed by atoms with Crippen molar-refractivity contribution in [1.82, 2.24) is 9.88 Å². The van der Waals surface area contributed by atoms with Gasteiger partial charge < -0.3 is 14.7 Å². The normalized spacial score (nSPS) is 25.5. The number of rotatable bonds is 3. The van der Waals surface area contributed by atoms with Crippen molar-refractivity contribution in [2.45, 2.75) is 32.0 Å². The highest BCUT2D eigenvalue weighted by Gasteiger charge is 2.36. The van der Waals surface area contributed by atoms with Crippen molar-refractivity contribution in [1.29, 1.82) is 0 Å². The first-order valence-corrected chi connectivity index (χ1v) is 6.03. The van der Waals surface area contributed by atoms with Crippen molar-refractivity contribution < 1.29 is 9.84 Å². The number of likely N-dealkylation sites (tertiary alicyclic amines) is 1. The Morgan fingerprint density at radius 3 is 2.82 bits per heavy atom. The monoisotopic (exact) mass is 236 g/mol. The summed E-state index contributed by atoms with van der Waals surface area (Å²) in [5, 5.41) is 10.6. The van der Waals surface area contributed by atoms with Crippen molar-refractivity contribution in [3.63, 3.8) is 0 Å². The Morgan fingerprint density at radius 2 is 2.24 bits per heavy atom. The predicted octanol–water partition coefficient (Wildman–Crippen LogP) is 1.39. The predicted molar refractivity (Wildman–Crippen MR) is 66.0 cm³/mol. The fraction of sp³-hybridized carbons (Fsp3) is 0.615. The van der Waals surface area contributed by atoms with Crippen molar-refractivity contribution in [2.75, 3.05) is 20.1 Å². The van der Waals surface area contributed by atoms with Crippen LogP contribution in [0, 0.1) is 0 Å². The zero-order chi connectivity index (χ0) is 12.5. The van der Waals surface area contributed by atoms with Gasteiger partial charge in [0.25, 0.3) is 0 Å². The van der Waals surface area contributed by atoms with Gasteiger partial charge in [-0.3, -0.25) is 4.98 Å². The zero-order valence-corrected chi connectivity index (χ0v) is 10.7. The minimum Gasteiger partial charge on any atom is -0.489 e. The number of ether oxygens (including phenoxy) is 1. The van der Waals surface area contributed by atoms with Crippen LogP contribution in [0.3, 0.4) is 0 Å². The smallest absolute Gasteiger partial charge is 0.138 e. The molecule has 17 heavy (non-hydrogen) atoms. The summed E-state index contributed by atoms with van der Waals surface area (Å²) >= 11 is 0. The summed E-state index contributed by atoms with van der Waals surface area (Å²) < 4.78 is 5.60. The second kappa shape index (κ2) is 4.63. The molecule has 2 heterocycles. The molecule has 1 fully saturated rings. The topological polar surface area (TPSA) is 45.6 Å². The van der Waals surface area contributed by atoms with E-state index in [2.05, 4.69) is 9.88 Å². The molecule has 0 aromatic carbocycles. The minimum atomic E-state index is -0.780. The molecule has 4 heteroatoms. The lowest BCUT2D eigenvalue weighted by Gasteiger charge is -2.23. The molecule has 1 aliphatic heterocycles. The number of hydrogen-bond acceptors (Lipinski definition) is 4. The molecule has 1 saturated heterocycles. The zero-order valence-electron chi connectivity index (χ0n) is 10.7. The Hall–Kier alpha value is -1.13. The summed E-state index contributed by atoms with van der Waals surface area (Å²) in [7, 11) is 2.01. The van der Waals surface area contributed by atoms with E-state index in [0.29, 0.717) is 6.54 Å². The quantitative estimate of drug-likeness (QED) is 0.861. The molecule has 1 aromatic heterocycles. The summed E-state index contributed by atoms with van der Waals surface area (Å²) in [5.41, 5.74) is 0.0676. The van der Waals surface area contributed by atoms with E-state index in [9.17, 15) is 5.11 Å². The molecular formula is C13H20N2O2. The molecule has 1 N–H and O–H groups in total. The highest BCUT2D eigenvalue weighted by Crippen LogP contribution is 2.32. The van der Waals surface area contributed by atoms with Crippen LogP contribution in [0.5, 0.6) is 5.75 Å². The van der Waals surface area contributed by atoms with Crippen LogP contribution in [0.25, 0.3) is 0 Å². The lowest BCUT2D eigenvalue weighted by Crippen LogP contribution is -2.29. The Labute approximate surface area is 102 Å². The van der Waals surface area contributed by atoms with Crippen LogP contribution >= 0.6 is 0 Å². The Morgan fingerprint density at radius 1 is 1.47 bits per heavy atom. The number of aromatic nitrogens is 1. The highest BCUT2D eigenvalue weighted by molar-refractivity contribution is 5.29. The summed E-state index contributed by atoms with van der Waals surface area (Å²) in [5.74, 6) is 0.723. The summed E-state index contributed by atoms with van der Waals surface area (Å²) in [6.07, 6.45) is 4.28. The van der Waals surface area contributed by atoms with Crippen molar-refractivity contribution in [2.24, 2.45) is 0 Å². The van der Waals surface area contributed by atoms with Crippen LogP contribution in [0.1, 0.15) is 25.8 Å². The Balaban J connectivity index is 2.21. The number of pyridine rings is 1. The molecule has 4 nitrogen and oxygen atoms in total. The first-order chi connectivity index (χ1) is 7.99. The summed E-state index contributed by atoms with van der Waals surface area (Å²) in [4.78, 5) is 6.27. The SMILES string of the molecule is CC(C)Oc1cncc(C2(O)CCN(C)C2)c1. The van der Waals surface area contributed by atoms with E-state index >= 15 is 0 Å². The van der Waals surface area contributed by atoms with Crippen LogP contribution in [0.15, 0.2) is 18.5 Å². The molecule has 1 aliphatic rings. The minimum absolute atomic E-state index is 0.118. The number of nitrogens with zero attached hydrogens (tertiary/aromatic N) is 2. The van der Waals surface area contributed by atoms with Crippen molar-refractivity contribution in [3.05, 3.63) is 24.0 Å². The van der Waals surface area contributed by atoms with Gasteiger partial charge in [-0.05, 0) is 33.4 Å². The molecule has 0 aliphatic carbocycles. The average Bonchev–Trinajstić information content (AvgIpc) is 2.59. The van der Waals surface area contributed by atoms with Gasteiger partial charge in [-0.1, -0.05) is 0 Å². The van der Waals surface area contributed by atoms with Gasteiger partial charge in [0.2, 0.25) is 0 Å². The van der Waals surface area contributed by atoms with Gasteiger partial charge in [0.1, 0.15) is 11.4 Å². The van der Waals surface area contributed by atoms with E-state index in [1.807, 2.05) is 27.0 Å². The second-order valence-electron chi connectivity index (χ2n) is 5.10. The third-order valence-corrected chi connectivity index (χ3v) is 3.06. The standard InChI is InChI=1S/C13H20N2O2/c1-10(2)17-12-6-11(7-14-8-12)13(16)4-5-15(3)9-13/h6-8,10,16H,4-5,9H2,1-3H3. The third-order valence-electron chi connectivity index (χ3n) is 3.06. The lowest BCUT2D eigenvalue weighted by atomic mass is 9.94. The third kappa shape index (κ3) is 2.76. The molecule has 0 radical (unpaired) electrons. The van der Waals surface area contributed by atoms with Crippen LogP contribution in [-0.2, 0) is 5.60 Å². The molecule has 94 valence electrons. The number of hydrogen-bond donors (Lipinski definition) is 1. The van der Waals surface area contributed by atoms with Crippen molar-refractivity contribution in [3.8, 4) is 5.75 Å². The first kappa shape index (κ1) is 12.3. The molecule has 2 rings (SSSR count).